The summed E-state index contributed by atoms with van der Waals surface area (Å²) >= 11 is 0. The number of rotatable bonds is 6. The molecule has 21 heavy (non-hydrogen) atoms. The normalized spacial score (nSPS) is 12.0. The maximum Gasteiger partial charge on any atom is 0.318 e. The van der Waals surface area contributed by atoms with Crippen LogP contribution in [0.1, 0.15) is 17.3 Å². The molecule has 1 aromatic rings. The minimum absolute atomic E-state index is 0.330. The van der Waals surface area contributed by atoms with E-state index in [1.807, 2.05) is 0 Å². The third kappa shape index (κ3) is 3.38. The average molecular weight is 299 g/mol. The van der Waals surface area contributed by atoms with Gasteiger partial charge in [0.15, 0.2) is 11.7 Å². The summed E-state index contributed by atoms with van der Waals surface area (Å²) in [4.78, 5) is 43.2. The van der Waals surface area contributed by atoms with Gasteiger partial charge in [0, 0.05) is 17.5 Å². The van der Waals surface area contributed by atoms with Crippen LogP contribution in [0.4, 0.5) is 10.1 Å². The van der Waals surface area contributed by atoms with E-state index < -0.39 is 46.0 Å². The summed E-state index contributed by atoms with van der Waals surface area (Å²) in [7, 11) is 0. The van der Waals surface area contributed by atoms with E-state index in [9.17, 15) is 28.9 Å². The van der Waals surface area contributed by atoms with Crippen molar-refractivity contribution in [1.29, 1.82) is 0 Å². The number of nitro benzene ring substituents is 1. The summed E-state index contributed by atoms with van der Waals surface area (Å²) < 4.78 is 13.2. The third-order valence-corrected chi connectivity index (χ3v) is 2.87. The summed E-state index contributed by atoms with van der Waals surface area (Å²) in [6, 6.07) is 2.27. The number of carbonyl (C=O) groups excluding carboxylic acids is 1. The number of aliphatic carboxylic acids is 2. The van der Waals surface area contributed by atoms with Gasteiger partial charge in [-0.05, 0) is 12.1 Å². The molecule has 0 saturated carbocycles. The van der Waals surface area contributed by atoms with Crippen LogP contribution >= 0.6 is 0 Å². The van der Waals surface area contributed by atoms with Gasteiger partial charge in [-0.3, -0.25) is 24.5 Å². The second kappa shape index (κ2) is 6.07. The van der Waals surface area contributed by atoms with Gasteiger partial charge in [0.1, 0.15) is 0 Å². The molecule has 112 valence electrons. The quantitative estimate of drug-likeness (QED) is 0.350. The Labute approximate surface area is 117 Å². The van der Waals surface area contributed by atoms with Crippen molar-refractivity contribution in [3.63, 3.8) is 0 Å². The monoisotopic (exact) mass is 299 g/mol. The highest BCUT2D eigenvalue weighted by Crippen LogP contribution is 2.23. The molecule has 2 N–H and O–H groups in total. The molecular formula is C12H10FNO7. The second-order valence-electron chi connectivity index (χ2n) is 4.23. The van der Waals surface area contributed by atoms with Gasteiger partial charge in [0.25, 0.3) is 0 Å². The molecule has 1 rings (SSSR count). The van der Waals surface area contributed by atoms with Gasteiger partial charge in [-0.2, -0.15) is 4.39 Å². The van der Waals surface area contributed by atoms with Crippen molar-refractivity contribution < 1.29 is 33.9 Å². The van der Waals surface area contributed by atoms with Crippen molar-refractivity contribution in [3.8, 4) is 0 Å². The van der Waals surface area contributed by atoms with Crippen LogP contribution in [0, 0.1) is 27.8 Å². The second-order valence-corrected chi connectivity index (χ2v) is 4.23. The first-order chi connectivity index (χ1) is 9.66. The number of benzene rings is 1. The molecule has 0 aliphatic carbocycles. The number of hydrogen-bond acceptors (Lipinski definition) is 5. The summed E-state index contributed by atoms with van der Waals surface area (Å²) in [5.41, 5.74) is -1.28. The molecule has 0 radical (unpaired) electrons. The Morgan fingerprint density at radius 1 is 1.24 bits per heavy atom. The molecule has 0 aliphatic rings. The topological polar surface area (TPSA) is 135 Å². The van der Waals surface area contributed by atoms with Crippen molar-refractivity contribution in [1.82, 2.24) is 0 Å². The van der Waals surface area contributed by atoms with Crippen molar-refractivity contribution in [3.05, 3.63) is 39.7 Å². The predicted octanol–water partition coefficient (Wildman–Crippen LogP) is 1.34. The highest BCUT2D eigenvalue weighted by Gasteiger charge is 2.37. The molecule has 0 spiro atoms. The number of carboxylic acid groups (broad SMARTS) is 2. The minimum atomic E-state index is -2.00. The highest BCUT2D eigenvalue weighted by atomic mass is 19.1. The van der Waals surface area contributed by atoms with E-state index in [4.69, 9.17) is 10.2 Å². The Kier molecular flexibility index (Phi) is 4.69. The Balaban J connectivity index is 3.19. The van der Waals surface area contributed by atoms with Gasteiger partial charge >= 0.3 is 17.6 Å². The van der Waals surface area contributed by atoms with Crippen LogP contribution in [0.5, 0.6) is 0 Å². The van der Waals surface area contributed by atoms with E-state index in [1.165, 1.54) is 0 Å². The Morgan fingerprint density at radius 3 is 2.19 bits per heavy atom. The van der Waals surface area contributed by atoms with Crippen molar-refractivity contribution in [2.75, 3.05) is 0 Å². The lowest BCUT2D eigenvalue weighted by Gasteiger charge is -2.15. The standard InChI is InChI=1S/C12H10FNO7/c1-5(9(11(16)17)12(18)19)10(15)6-2-3-7(13)8(4-6)14(20)21/h2-5,9H,1H3,(H,16,17)(H,18,19). The zero-order valence-electron chi connectivity index (χ0n) is 10.6. The van der Waals surface area contributed by atoms with Gasteiger partial charge < -0.3 is 10.2 Å². The maximum atomic E-state index is 13.2. The van der Waals surface area contributed by atoms with Gasteiger partial charge in [0.05, 0.1) is 4.92 Å². The molecule has 1 atom stereocenters. The lowest BCUT2D eigenvalue weighted by atomic mass is 9.87. The molecule has 9 heteroatoms. The number of nitro groups is 1. The summed E-state index contributed by atoms with van der Waals surface area (Å²) in [5, 5.41) is 28.2. The van der Waals surface area contributed by atoms with Gasteiger partial charge in [-0.25, -0.2) is 0 Å². The van der Waals surface area contributed by atoms with Crippen LogP contribution < -0.4 is 0 Å². The largest absolute Gasteiger partial charge is 0.481 e. The Hall–Kier alpha value is -2.84. The average Bonchev–Trinajstić information content (AvgIpc) is 2.37. The molecule has 0 heterocycles. The van der Waals surface area contributed by atoms with Gasteiger partial charge in [-0.1, -0.05) is 6.92 Å². The number of Topliss-reactive ketones (excluding diaryl/α,β-unsaturated/α-hetero) is 1. The molecular weight excluding hydrogens is 289 g/mol. The smallest absolute Gasteiger partial charge is 0.318 e. The highest BCUT2D eigenvalue weighted by molar-refractivity contribution is 6.05. The van der Waals surface area contributed by atoms with Crippen LogP contribution in [0.3, 0.4) is 0 Å². The van der Waals surface area contributed by atoms with E-state index in [0.717, 1.165) is 13.0 Å². The number of hydrogen-bond donors (Lipinski definition) is 2. The zero-order valence-corrected chi connectivity index (χ0v) is 10.6. The fourth-order valence-corrected chi connectivity index (χ4v) is 1.75. The van der Waals surface area contributed by atoms with Crippen LogP contribution in [0.2, 0.25) is 0 Å². The van der Waals surface area contributed by atoms with Gasteiger partial charge in [0.2, 0.25) is 5.82 Å². The van der Waals surface area contributed by atoms with E-state index >= 15 is 0 Å². The number of ketones is 1. The lowest BCUT2D eigenvalue weighted by molar-refractivity contribution is -0.387. The third-order valence-electron chi connectivity index (χ3n) is 2.87. The first kappa shape index (κ1) is 16.2. The first-order valence-electron chi connectivity index (χ1n) is 5.60. The molecule has 0 aromatic heterocycles. The maximum absolute atomic E-state index is 13.2. The summed E-state index contributed by atoms with van der Waals surface area (Å²) in [6.45, 7) is 1.07. The van der Waals surface area contributed by atoms with E-state index in [1.54, 1.807) is 0 Å². The zero-order chi connectivity index (χ0) is 16.3. The van der Waals surface area contributed by atoms with Crippen molar-refractivity contribution in [2.24, 2.45) is 11.8 Å². The Bertz CT molecular complexity index is 614. The fraction of sp³-hybridized carbons (Fsp3) is 0.250. The number of carboxylic acids is 2. The number of carbonyl (C=O) groups is 3. The molecule has 8 nitrogen and oxygen atoms in total. The van der Waals surface area contributed by atoms with Crippen molar-refractivity contribution >= 4 is 23.4 Å². The molecule has 1 aromatic carbocycles. The summed E-state index contributed by atoms with van der Waals surface area (Å²) in [6.07, 6.45) is 0. The molecule has 0 amide bonds. The number of halogens is 1. The SMILES string of the molecule is CC(C(=O)c1ccc(F)c([N+](=O)[O-])c1)C(C(=O)O)C(=O)O. The lowest BCUT2D eigenvalue weighted by Crippen LogP contribution is -2.34. The molecule has 0 aliphatic heterocycles. The van der Waals surface area contributed by atoms with E-state index in [0.29, 0.717) is 12.1 Å². The fourth-order valence-electron chi connectivity index (χ4n) is 1.75. The first-order valence-corrected chi connectivity index (χ1v) is 5.60. The molecule has 0 fully saturated rings. The Morgan fingerprint density at radius 2 is 1.76 bits per heavy atom. The minimum Gasteiger partial charge on any atom is -0.481 e. The van der Waals surface area contributed by atoms with E-state index in [2.05, 4.69) is 0 Å². The van der Waals surface area contributed by atoms with Crippen LogP contribution in [-0.4, -0.2) is 32.9 Å². The van der Waals surface area contributed by atoms with Crippen molar-refractivity contribution in [2.45, 2.75) is 6.92 Å². The van der Waals surface area contributed by atoms with Crippen LogP contribution in [0.15, 0.2) is 18.2 Å². The molecule has 0 bridgehead atoms. The molecule has 1 unspecified atom stereocenters. The van der Waals surface area contributed by atoms with Gasteiger partial charge in [-0.15, -0.1) is 0 Å². The summed E-state index contributed by atoms with van der Waals surface area (Å²) in [5.74, 6) is -8.98. The predicted molar refractivity (Wildman–Crippen MR) is 65.3 cm³/mol. The molecule has 0 saturated heterocycles. The number of nitrogens with zero attached hydrogens (tertiary/aromatic N) is 1. The van der Waals surface area contributed by atoms with E-state index in [-0.39, 0.29) is 5.56 Å². The van der Waals surface area contributed by atoms with Crippen LogP contribution in [-0.2, 0) is 9.59 Å². The van der Waals surface area contributed by atoms with Crippen LogP contribution in [0.25, 0.3) is 0 Å².